The lowest BCUT2D eigenvalue weighted by atomic mass is 10.1. The van der Waals surface area contributed by atoms with Crippen molar-refractivity contribution in [3.8, 4) is 0 Å². The molecule has 1 amide bonds. The van der Waals surface area contributed by atoms with Gasteiger partial charge in [0.25, 0.3) is 0 Å². The van der Waals surface area contributed by atoms with Gasteiger partial charge in [-0.1, -0.05) is 6.92 Å². The Balaban J connectivity index is 1.69. The summed E-state index contributed by atoms with van der Waals surface area (Å²) in [5.41, 5.74) is 0.448. The largest absolute Gasteiger partial charge is 0.352 e. The lowest BCUT2D eigenvalue weighted by Crippen LogP contribution is -2.48. The fourth-order valence-electron chi connectivity index (χ4n) is 2.81. The maximum absolute atomic E-state index is 14.3. The summed E-state index contributed by atoms with van der Waals surface area (Å²) < 4.78 is 14.3. The molecule has 21 heavy (non-hydrogen) atoms. The molecule has 0 aromatic carbocycles. The van der Waals surface area contributed by atoms with Crippen LogP contribution in [-0.2, 0) is 11.2 Å². The van der Waals surface area contributed by atoms with Crippen molar-refractivity contribution in [1.82, 2.24) is 15.3 Å². The molecule has 0 radical (unpaired) electrons. The molecule has 2 heterocycles. The lowest BCUT2D eigenvalue weighted by molar-refractivity contribution is -0.123. The monoisotopic (exact) mass is 292 g/mol. The van der Waals surface area contributed by atoms with E-state index in [2.05, 4.69) is 15.3 Å². The summed E-state index contributed by atoms with van der Waals surface area (Å²) in [7, 11) is 0. The van der Waals surface area contributed by atoms with Crippen molar-refractivity contribution in [1.29, 1.82) is 0 Å². The van der Waals surface area contributed by atoms with Gasteiger partial charge in [-0.25, -0.2) is 14.4 Å². The Morgan fingerprint density at radius 1 is 1.43 bits per heavy atom. The van der Waals surface area contributed by atoms with Gasteiger partial charge in [-0.05, 0) is 32.1 Å². The number of aryl methyl sites for hydroxylation is 1. The van der Waals surface area contributed by atoms with E-state index in [-0.39, 0.29) is 23.7 Å². The Labute approximate surface area is 124 Å². The van der Waals surface area contributed by atoms with Crippen molar-refractivity contribution in [3.05, 3.63) is 17.8 Å². The number of hydrogen-bond acceptors (Lipinski definition) is 4. The summed E-state index contributed by atoms with van der Waals surface area (Å²) in [4.78, 5) is 21.9. The topological polar surface area (TPSA) is 58.1 Å². The molecular weight excluding hydrogens is 271 g/mol. The predicted octanol–water partition coefficient (Wildman–Crippen LogP) is 1.67. The molecular formula is C15H21FN4O. The van der Waals surface area contributed by atoms with Gasteiger partial charge in [0.2, 0.25) is 5.91 Å². The molecule has 5 nitrogen and oxygen atoms in total. The highest BCUT2D eigenvalue weighted by Gasteiger charge is 2.32. The van der Waals surface area contributed by atoms with Gasteiger partial charge in [0.1, 0.15) is 6.33 Å². The van der Waals surface area contributed by atoms with E-state index in [1.165, 1.54) is 6.33 Å². The molecule has 2 aliphatic rings. The molecule has 0 bridgehead atoms. The van der Waals surface area contributed by atoms with E-state index in [4.69, 9.17) is 0 Å². The maximum Gasteiger partial charge on any atom is 0.223 e. The van der Waals surface area contributed by atoms with Crippen molar-refractivity contribution >= 4 is 11.7 Å². The number of nitrogens with one attached hydrogen (secondary N) is 1. The first-order valence-electron chi connectivity index (χ1n) is 7.73. The van der Waals surface area contributed by atoms with E-state index < -0.39 is 0 Å². The zero-order chi connectivity index (χ0) is 14.8. The minimum Gasteiger partial charge on any atom is -0.352 e. The number of nitrogens with zero attached hydrogens (tertiary/aromatic N) is 3. The first kappa shape index (κ1) is 14.2. The number of amides is 1. The van der Waals surface area contributed by atoms with Gasteiger partial charge in [-0.15, -0.1) is 0 Å². The Kier molecular flexibility index (Phi) is 4.03. The standard InChI is InChI=1S/C15H21FN4O/c1-2-12-13(16)14(18-9-17-12)20-7-3-4-11(8-20)19-15(21)10-5-6-10/h9-11H,2-8H2,1H3,(H,19,21). The summed E-state index contributed by atoms with van der Waals surface area (Å²) in [6, 6.07) is 0.0892. The Hall–Kier alpha value is -1.72. The van der Waals surface area contributed by atoms with Crippen LogP contribution in [0.5, 0.6) is 0 Å². The fourth-order valence-corrected chi connectivity index (χ4v) is 2.81. The third-order valence-electron chi connectivity index (χ3n) is 4.19. The highest BCUT2D eigenvalue weighted by molar-refractivity contribution is 5.81. The predicted molar refractivity (Wildman–Crippen MR) is 77.5 cm³/mol. The summed E-state index contributed by atoms with van der Waals surface area (Å²) in [6.45, 7) is 3.27. The number of carbonyl (C=O) groups excluding carboxylic acids is 1. The first-order chi connectivity index (χ1) is 10.2. The van der Waals surface area contributed by atoms with Crippen LogP contribution in [0.25, 0.3) is 0 Å². The number of aromatic nitrogens is 2. The molecule has 3 rings (SSSR count). The quantitative estimate of drug-likeness (QED) is 0.917. The van der Waals surface area contributed by atoms with Gasteiger partial charge in [-0.2, -0.15) is 0 Å². The third-order valence-corrected chi connectivity index (χ3v) is 4.19. The molecule has 114 valence electrons. The van der Waals surface area contributed by atoms with Crippen LogP contribution < -0.4 is 10.2 Å². The van der Waals surface area contributed by atoms with E-state index in [1.54, 1.807) is 0 Å². The van der Waals surface area contributed by atoms with Gasteiger partial charge in [-0.3, -0.25) is 4.79 Å². The third kappa shape index (κ3) is 3.14. The van der Waals surface area contributed by atoms with Crippen molar-refractivity contribution in [2.75, 3.05) is 18.0 Å². The molecule has 1 atom stereocenters. The van der Waals surface area contributed by atoms with Crippen LogP contribution in [0.4, 0.5) is 10.2 Å². The smallest absolute Gasteiger partial charge is 0.223 e. The summed E-state index contributed by atoms with van der Waals surface area (Å²) in [5.74, 6) is 0.406. The van der Waals surface area contributed by atoms with E-state index in [1.807, 2.05) is 11.8 Å². The number of carbonyl (C=O) groups is 1. The van der Waals surface area contributed by atoms with Crippen molar-refractivity contribution in [2.24, 2.45) is 5.92 Å². The number of halogens is 1. The van der Waals surface area contributed by atoms with E-state index >= 15 is 0 Å². The maximum atomic E-state index is 14.3. The lowest BCUT2D eigenvalue weighted by Gasteiger charge is -2.34. The minimum atomic E-state index is -0.325. The average molecular weight is 292 g/mol. The first-order valence-corrected chi connectivity index (χ1v) is 7.73. The van der Waals surface area contributed by atoms with Gasteiger partial charge < -0.3 is 10.2 Å². The van der Waals surface area contributed by atoms with Crippen molar-refractivity contribution in [3.63, 3.8) is 0 Å². The number of rotatable bonds is 4. The molecule has 1 saturated carbocycles. The Morgan fingerprint density at radius 3 is 2.95 bits per heavy atom. The molecule has 1 aliphatic carbocycles. The molecule has 1 aromatic heterocycles. The van der Waals surface area contributed by atoms with Crippen LogP contribution in [0.15, 0.2) is 6.33 Å². The Morgan fingerprint density at radius 2 is 2.24 bits per heavy atom. The second kappa shape index (κ2) is 5.95. The molecule has 1 aliphatic heterocycles. The summed E-state index contributed by atoms with van der Waals surface area (Å²) in [5, 5.41) is 3.08. The van der Waals surface area contributed by atoms with Crippen LogP contribution in [-0.4, -0.2) is 35.0 Å². The molecule has 6 heteroatoms. The van der Waals surface area contributed by atoms with Gasteiger partial charge >= 0.3 is 0 Å². The van der Waals surface area contributed by atoms with Crippen molar-refractivity contribution in [2.45, 2.75) is 45.1 Å². The van der Waals surface area contributed by atoms with Crippen molar-refractivity contribution < 1.29 is 9.18 Å². The molecule has 1 unspecified atom stereocenters. The van der Waals surface area contributed by atoms with E-state index in [0.29, 0.717) is 24.5 Å². The van der Waals surface area contributed by atoms with Crippen LogP contribution in [0.2, 0.25) is 0 Å². The Bertz CT molecular complexity index is 532. The highest BCUT2D eigenvalue weighted by atomic mass is 19.1. The fraction of sp³-hybridized carbons (Fsp3) is 0.667. The SMILES string of the molecule is CCc1ncnc(N2CCCC(NC(=O)C3CC3)C2)c1F. The van der Waals surface area contributed by atoms with Crippen LogP contribution in [0.3, 0.4) is 0 Å². The number of anilines is 1. The molecule has 1 N–H and O–H groups in total. The van der Waals surface area contributed by atoms with E-state index in [9.17, 15) is 9.18 Å². The van der Waals surface area contributed by atoms with Gasteiger partial charge in [0, 0.05) is 25.0 Å². The summed E-state index contributed by atoms with van der Waals surface area (Å²) in [6.07, 6.45) is 5.86. The van der Waals surface area contributed by atoms with Gasteiger partial charge in [0.05, 0.1) is 5.69 Å². The van der Waals surface area contributed by atoms with Crippen LogP contribution in [0, 0.1) is 11.7 Å². The highest BCUT2D eigenvalue weighted by Crippen LogP contribution is 2.29. The number of piperidine rings is 1. The van der Waals surface area contributed by atoms with Crippen LogP contribution >= 0.6 is 0 Å². The average Bonchev–Trinajstić information content (AvgIpc) is 3.32. The second-order valence-corrected chi connectivity index (χ2v) is 5.88. The number of hydrogen-bond donors (Lipinski definition) is 1. The zero-order valence-corrected chi connectivity index (χ0v) is 12.3. The molecule has 2 fully saturated rings. The molecule has 1 saturated heterocycles. The zero-order valence-electron chi connectivity index (χ0n) is 12.3. The van der Waals surface area contributed by atoms with Gasteiger partial charge in [0.15, 0.2) is 11.6 Å². The van der Waals surface area contributed by atoms with Crippen LogP contribution in [0.1, 0.15) is 38.3 Å². The minimum absolute atomic E-state index is 0.0892. The molecule has 1 aromatic rings. The summed E-state index contributed by atoms with van der Waals surface area (Å²) >= 11 is 0. The molecule has 0 spiro atoms. The normalized spacial score (nSPS) is 22.2. The second-order valence-electron chi connectivity index (χ2n) is 5.88. The van der Waals surface area contributed by atoms with E-state index in [0.717, 1.165) is 32.2 Å².